The summed E-state index contributed by atoms with van der Waals surface area (Å²) in [6.45, 7) is 11.6. The number of carbonyl (C=O) groups is 1. The van der Waals surface area contributed by atoms with Crippen LogP contribution in [-0.4, -0.2) is 14.5 Å². The minimum atomic E-state index is -1.90. The largest absolute Gasteiger partial charge is 0.452 e. The molecule has 0 fully saturated rings. The fourth-order valence-electron chi connectivity index (χ4n) is 2.83. The Balaban J connectivity index is 2.30. The summed E-state index contributed by atoms with van der Waals surface area (Å²) in [7, 11) is -1.90. The maximum atomic E-state index is 11.5. The Morgan fingerprint density at radius 3 is 2.30 bits per heavy atom. The van der Waals surface area contributed by atoms with Gasteiger partial charge in [0, 0.05) is 0 Å². The van der Waals surface area contributed by atoms with E-state index in [4.69, 9.17) is 4.74 Å². The summed E-state index contributed by atoms with van der Waals surface area (Å²) in [6, 6.07) is 13.9. The Morgan fingerprint density at radius 2 is 1.65 bits per heavy atom. The standard InChI is InChI=1S/C19H23NO2Si/c1-19(2,3)23(4,5)20-15-10-6-7-12-17(15)22-18-14(13-21)9-8-11-16(18)20/h6-13H,1-5H3. The molecule has 0 aliphatic carbocycles. The smallest absolute Gasteiger partial charge is 0.162 e. The highest BCUT2D eigenvalue weighted by Crippen LogP contribution is 2.53. The highest BCUT2D eigenvalue weighted by Gasteiger charge is 2.45. The van der Waals surface area contributed by atoms with Crippen molar-refractivity contribution >= 4 is 25.9 Å². The molecule has 1 heterocycles. The highest BCUT2D eigenvalue weighted by molar-refractivity contribution is 6.85. The lowest BCUT2D eigenvalue weighted by Gasteiger charge is -2.49. The van der Waals surface area contributed by atoms with Gasteiger partial charge in [-0.05, 0) is 29.3 Å². The van der Waals surface area contributed by atoms with Gasteiger partial charge in [0.15, 0.2) is 20.3 Å². The SMILES string of the molecule is CC(C)(C)[Si](C)(C)N1c2ccccc2Oc2c(C=O)cccc21. The summed E-state index contributed by atoms with van der Waals surface area (Å²) >= 11 is 0. The third-order valence-corrected chi connectivity index (χ3v) is 10.4. The summed E-state index contributed by atoms with van der Waals surface area (Å²) in [4.78, 5) is 11.5. The molecule has 4 heteroatoms. The molecule has 0 unspecified atom stereocenters. The van der Waals surface area contributed by atoms with Gasteiger partial charge in [0.1, 0.15) is 5.75 Å². The number of benzene rings is 2. The van der Waals surface area contributed by atoms with Gasteiger partial charge in [0.05, 0.1) is 16.9 Å². The monoisotopic (exact) mass is 325 g/mol. The van der Waals surface area contributed by atoms with E-state index in [1.54, 1.807) is 0 Å². The Bertz CT molecular complexity index is 762. The van der Waals surface area contributed by atoms with Crippen molar-refractivity contribution in [3.05, 3.63) is 48.0 Å². The first-order chi connectivity index (χ1) is 10.8. The molecule has 0 amide bonds. The van der Waals surface area contributed by atoms with E-state index >= 15 is 0 Å². The van der Waals surface area contributed by atoms with Crippen LogP contribution in [0.2, 0.25) is 18.1 Å². The molecule has 3 rings (SSSR count). The zero-order valence-corrected chi connectivity index (χ0v) is 15.4. The van der Waals surface area contributed by atoms with Gasteiger partial charge in [-0.15, -0.1) is 0 Å². The molecule has 2 aromatic rings. The van der Waals surface area contributed by atoms with Gasteiger partial charge in [0.2, 0.25) is 0 Å². The minimum Gasteiger partial charge on any atom is -0.452 e. The van der Waals surface area contributed by atoms with Gasteiger partial charge in [-0.3, -0.25) is 4.79 Å². The molecule has 2 aromatic carbocycles. The molecule has 1 aliphatic heterocycles. The number of anilines is 2. The number of ether oxygens (including phenoxy) is 1. The van der Waals surface area contributed by atoms with Crippen LogP contribution < -0.4 is 9.30 Å². The van der Waals surface area contributed by atoms with Crippen molar-refractivity contribution in [3.8, 4) is 11.5 Å². The number of para-hydroxylation sites is 3. The van der Waals surface area contributed by atoms with E-state index in [2.05, 4.69) is 50.6 Å². The first kappa shape index (κ1) is 15.8. The Morgan fingerprint density at radius 1 is 1.00 bits per heavy atom. The predicted molar refractivity (Wildman–Crippen MR) is 97.7 cm³/mol. The average Bonchev–Trinajstić information content (AvgIpc) is 2.50. The maximum absolute atomic E-state index is 11.5. The number of hydrogen-bond acceptors (Lipinski definition) is 3. The number of carbonyl (C=O) groups excluding carboxylic acids is 1. The van der Waals surface area contributed by atoms with Gasteiger partial charge in [-0.2, -0.15) is 0 Å². The van der Waals surface area contributed by atoms with Crippen molar-refractivity contribution in [2.24, 2.45) is 0 Å². The van der Waals surface area contributed by atoms with E-state index in [0.717, 1.165) is 23.4 Å². The molecule has 1 aliphatic rings. The first-order valence-corrected chi connectivity index (χ1v) is 10.9. The number of aldehydes is 1. The number of rotatable bonds is 2. The van der Waals surface area contributed by atoms with E-state index in [9.17, 15) is 4.79 Å². The summed E-state index contributed by atoms with van der Waals surface area (Å²) in [5, 5.41) is 0.159. The van der Waals surface area contributed by atoms with Crippen LogP contribution in [0.1, 0.15) is 31.1 Å². The third kappa shape index (κ3) is 2.38. The minimum absolute atomic E-state index is 0.159. The lowest BCUT2D eigenvalue weighted by molar-refractivity contribution is 0.112. The van der Waals surface area contributed by atoms with Gasteiger partial charge in [-0.25, -0.2) is 0 Å². The lowest BCUT2D eigenvalue weighted by Crippen LogP contribution is -2.53. The first-order valence-electron chi connectivity index (χ1n) is 7.92. The second-order valence-electron chi connectivity index (χ2n) is 7.53. The molecule has 0 N–H and O–H groups in total. The highest BCUT2D eigenvalue weighted by atomic mass is 28.3. The molecular weight excluding hydrogens is 302 g/mol. The summed E-state index contributed by atoms with van der Waals surface area (Å²) < 4.78 is 8.53. The van der Waals surface area contributed by atoms with Crippen molar-refractivity contribution in [2.45, 2.75) is 38.9 Å². The van der Waals surface area contributed by atoms with Crippen LogP contribution in [0.5, 0.6) is 11.5 Å². The van der Waals surface area contributed by atoms with E-state index in [1.807, 2.05) is 30.3 Å². The molecule has 0 atom stereocenters. The van der Waals surface area contributed by atoms with Crippen LogP contribution >= 0.6 is 0 Å². The number of fused-ring (bicyclic) bond motifs is 2. The van der Waals surface area contributed by atoms with Crippen LogP contribution in [0, 0.1) is 0 Å². The zero-order valence-electron chi connectivity index (χ0n) is 14.4. The van der Waals surface area contributed by atoms with Crippen molar-refractivity contribution in [2.75, 3.05) is 4.57 Å². The molecule has 0 saturated heterocycles. The average molecular weight is 325 g/mol. The number of hydrogen-bond donors (Lipinski definition) is 0. The van der Waals surface area contributed by atoms with E-state index in [0.29, 0.717) is 11.3 Å². The van der Waals surface area contributed by atoms with E-state index in [-0.39, 0.29) is 5.04 Å². The molecule has 0 saturated carbocycles. The van der Waals surface area contributed by atoms with Gasteiger partial charge < -0.3 is 9.30 Å². The quantitative estimate of drug-likeness (QED) is 0.520. The van der Waals surface area contributed by atoms with Crippen LogP contribution in [0.15, 0.2) is 42.5 Å². The van der Waals surface area contributed by atoms with Crippen molar-refractivity contribution in [1.82, 2.24) is 0 Å². The summed E-state index contributed by atoms with van der Waals surface area (Å²) in [5.74, 6) is 1.49. The lowest BCUT2D eigenvalue weighted by atomic mass is 10.1. The third-order valence-electron chi connectivity index (χ3n) is 5.11. The summed E-state index contributed by atoms with van der Waals surface area (Å²) in [6.07, 6.45) is 0.872. The predicted octanol–water partition coefficient (Wildman–Crippen LogP) is 5.75. The van der Waals surface area contributed by atoms with Crippen molar-refractivity contribution in [3.63, 3.8) is 0 Å². The number of nitrogens with zero attached hydrogens (tertiary/aromatic N) is 1. The fraction of sp³-hybridized carbons (Fsp3) is 0.316. The molecule has 0 radical (unpaired) electrons. The van der Waals surface area contributed by atoms with E-state index < -0.39 is 8.24 Å². The summed E-state index contributed by atoms with van der Waals surface area (Å²) in [5.41, 5.74) is 2.69. The maximum Gasteiger partial charge on any atom is 0.162 e. The second-order valence-corrected chi connectivity index (χ2v) is 12.6. The fourth-order valence-corrected chi connectivity index (χ4v) is 5.06. The molecule has 23 heavy (non-hydrogen) atoms. The van der Waals surface area contributed by atoms with Crippen molar-refractivity contribution < 1.29 is 9.53 Å². The van der Waals surface area contributed by atoms with Gasteiger partial charge >= 0.3 is 0 Å². The second kappa shape index (κ2) is 5.23. The van der Waals surface area contributed by atoms with Gasteiger partial charge in [-0.1, -0.05) is 52.1 Å². The van der Waals surface area contributed by atoms with Crippen LogP contribution in [-0.2, 0) is 0 Å². The molecule has 0 aromatic heterocycles. The normalized spacial score (nSPS) is 13.9. The van der Waals surface area contributed by atoms with E-state index in [1.165, 1.54) is 0 Å². The van der Waals surface area contributed by atoms with Crippen LogP contribution in [0.25, 0.3) is 0 Å². The molecular formula is C19H23NO2Si. The Kier molecular flexibility index (Phi) is 3.60. The van der Waals surface area contributed by atoms with Crippen molar-refractivity contribution in [1.29, 1.82) is 0 Å². The zero-order chi connectivity index (χ0) is 16.8. The van der Waals surface area contributed by atoms with Crippen LogP contribution in [0.3, 0.4) is 0 Å². The molecule has 3 nitrogen and oxygen atoms in total. The molecule has 0 bridgehead atoms. The Hall–Kier alpha value is -2.07. The molecule has 0 spiro atoms. The molecule has 120 valence electrons. The topological polar surface area (TPSA) is 29.5 Å². The van der Waals surface area contributed by atoms with Gasteiger partial charge in [0.25, 0.3) is 0 Å². The Labute approximate surface area is 139 Å². The van der Waals surface area contributed by atoms with Crippen LogP contribution in [0.4, 0.5) is 11.4 Å².